The quantitative estimate of drug-likeness (QED) is 0.683. The van der Waals surface area contributed by atoms with E-state index >= 15 is 0 Å². The maximum atomic E-state index is 12.7. The second-order valence-electron chi connectivity index (χ2n) is 5.88. The largest absolute Gasteiger partial charge is 0.493 e. The van der Waals surface area contributed by atoms with E-state index in [9.17, 15) is 14.9 Å². The summed E-state index contributed by atoms with van der Waals surface area (Å²) in [6.45, 7) is 2.42. The highest BCUT2D eigenvalue weighted by atomic mass is 32.2. The number of nitriles is 1. The molecule has 0 unspecified atom stereocenters. The minimum atomic E-state index is -0.378. The van der Waals surface area contributed by atoms with Gasteiger partial charge in [-0.25, -0.2) is 0 Å². The SMILES string of the molecule is CCOc1cc(/C=C2/SC(=O)N(Cc3ccccc3C#N)C2=O)ccc1OC. The summed E-state index contributed by atoms with van der Waals surface area (Å²) < 4.78 is 10.8. The summed E-state index contributed by atoms with van der Waals surface area (Å²) in [5.41, 5.74) is 1.81. The van der Waals surface area contributed by atoms with E-state index < -0.39 is 0 Å². The maximum absolute atomic E-state index is 12.7. The molecule has 1 fully saturated rings. The third kappa shape index (κ3) is 4.02. The minimum Gasteiger partial charge on any atom is -0.493 e. The standard InChI is InChI=1S/C21H18N2O4S/c1-3-27-18-10-14(8-9-17(18)26-2)11-19-20(24)23(21(25)28-19)13-16-7-5-4-6-15(16)12-22/h4-11H,3,13H2,1-2H3/b19-11+. The minimum absolute atomic E-state index is 0.0680. The average Bonchev–Trinajstić information content (AvgIpc) is 2.96. The zero-order valence-corrected chi connectivity index (χ0v) is 16.3. The summed E-state index contributed by atoms with van der Waals surface area (Å²) in [6.07, 6.45) is 1.66. The lowest BCUT2D eigenvalue weighted by atomic mass is 10.1. The molecule has 2 aromatic rings. The molecule has 3 rings (SSSR count). The van der Waals surface area contributed by atoms with Crippen molar-refractivity contribution in [2.45, 2.75) is 13.5 Å². The summed E-state index contributed by atoms with van der Waals surface area (Å²) in [6, 6.07) is 14.3. The Morgan fingerprint density at radius 1 is 1.18 bits per heavy atom. The molecule has 0 saturated carbocycles. The third-order valence-corrected chi connectivity index (χ3v) is 5.03. The monoisotopic (exact) mass is 394 g/mol. The van der Waals surface area contributed by atoms with Crippen molar-refractivity contribution in [1.82, 2.24) is 4.90 Å². The van der Waals surface area contributed by atoms with Gasteiger partial charge in [0.2, 0.25) is 0 Å². The molecule has 6 nitrogen and oxygen atoms in total. The Morgan fingerprint density at radius 3 is 2.68 bits per heavy atom. The van der Waals surface area contributed by atoms with Crippen molar-refractivity contribution < 1.29 is 19.1 Å². The molecule has 0 aliphatic carbocycles. The second-order valence-corrected chi connectivity index (χ2v) is 6.87. The fourth-order valence-electron chi connectivity index (χ4n) is 2.78. The summed E-state index contributed by atoms with van der Waals surface area (Å²) in [5.74, 6) is 0.790. The van der Waals surface area contributed by atoms with E-state index in [1.807, 2.05) is 6.92 Å². The molecule has 1 aliphatic rings. The Kier molecular flexibility index (Phi) is 6.02. The van der Waals surface area contributed by atoms with Crippen molar-refractivity contribution >= 4 is 29.0 Å². The van der Waals surface area contributed by atoms with Gasteiger partial charge in [-0.3, -0.25) is 14.5 Å². The van der Waals surface area contributed by atoms with E-state index in [1.54, 1.807) is 55.7 Å². The first-order chi connectivity index (χ1) is 13.6. The van der Waals surface area contributed by atoms with Gasteiger partial charge in [-0.05, 0) is 54.1 Å². The molecule has 0 spiro atoms. The van der Waals surface area contributed by atoms with Crippen LogP contribution in [0.3, 0.4) is 0 Å². The lowest BCUT2D eigenvalue weighted by molar-refractivity contribution is -0.123. The Hall–Kier alpha value is -3.24. The number of imide groups is 1. The van der Waals surface area contributed by atoms with Crippen LogP contribution in [-0.4, -0.2) is 29.8 Å². The molecule has 2 aromatic carbocycles. The van der Waals surface area contributed by atoms with E-state index in [-0.39, 0.29) is 17.7 Å². The third-order valence-electron chi connectivity index (χ3n) is 4.13. The maximum Gasteiger partial charge on any atom is 0.293 e. The Morgan fingerprint density at radius 2 is 1.96 bits per heavy atom. The van der Waals surface area contributed by atoms with Crippen LogP contribution < -0.4 is 9.47 Å². The van der Waals surface area contributed by atoms with Gasteiger partial charge in [0, 0.05) is 0 Å². The van der Waals surface area contributed by atoms with Crippen molar-refractivity contribution in [2.24, 2.45) is 0 Å². The first kappa shape index (κ1) is 19.5. The summed E-state index contributed by atoms with van der Waals surface area (Å²) >= 11 is 0.882. The smallest absolute Gasteiger partial charge is 0.293 e. The number of nitrogens with zero attached hydrogens (tertiary/aromatic N) is 2. The molecule has 7 heteroatoms. The molecule has 0 radical (unpaired) electrons. The number of carbonyl (C=O) groups excluding carboxylic acids is 2. The number of rotatable bonds is 6. The van der Waals surface area contributed by atoms with Crippen LogP contribution in [0.1, 0.15) is 23.6 Å². The number of thioether (sulfide) groups is 1. The second kappa shape index (κ2) is 8.63. The van der Waals surface area contributed by atoms with Crippen molar-refractivity contribution in [2.75, 3.05) is 13.7 Å². The average molecular weight is 394 g/mol. The number of benzene rings is 2. The van der Waals surface area contributed by atoms with Gasteiger partial charge in [0.15, 0.2) is 11.5 Å². The molecule has 1 aliphatic heterocycles. The van der Waals surface area contributed by atoms with E-state index in [4.69, 9.17) is 9.47 Å². The zero-order chi connectivity index (χ0) is 20.1. The van der Waals surface area contributed by atoms with E-state index in [0.717, 1.165) is 22.2 Å². The van der Waals surface area contributed by atoms with Crippen LogP contribution in [0.5, 0.6) is 11.5 Å². The lowest BCUT2D eigenvalue weighted by Crippen LogP contribution is -2.27. The van der Waals surface area contributed by atoms with Crippen LogP contribution in [-0.2, 0) is 11.3 Å². The molecule has 0 aromatic heterocycles. The Labute approximate surface area is 167 Å². The van der Waals surface area contributed by atoms with Gasteiger partial charge in [-0.15, -0.1) is 0 Å². The molecule has 0 atom stereocenters. The molecule has 142 valence electrons. The topological polar surface area (TPSA) is 79.6 Å². The summed E-state index contributed by atoms with van der Waals surface area (Å²) in [5, 5.41) is 8.85. The normalized spacial score (nSPS) is 15.0. The first-order valence-electron chi connectivity index (χ1n) is 8.61. The first-order valence-corrected chi connectivity index (χ1v) is 9.43. The number of ether oxygens (including phenoxy) is 2. The van der Waals surface area contributed by atoms with Gasteiger partial charge >= 0.3 is 0 Å². The van der Waals surface area contributed by atoms with Crippen molar-refractivity contribution in [3.63, 3.8) is 0 Å². The van der Waals surface area contributed by atoms with Crippen LogP contribution in [0.2, 0.25) is 0 Å². The lowest BCUT2D eigenvalue weighted by Gasteiger charge is -2.13. The fourth-order valence-corrected chi connectivity index (χ4v) is 3.61. The molecule has 0 N–H and O–H groups in total. The predicted octanol–water partition coefficient (Wildman–Crippen LogP) is 4.20. The van der Waals surface area contributed by atoms with Crippen LogP contribution in [0.4, 0.5) is 4.79 Å². The van der Waals surface area contributed by atoms with Crippen LogP contribution >= 0.6 is 11.8 Å². The van der Waals surface area contributed by atoms with Gasteiger partial charge in [0.1, 0.15) is 0 Å². The number of amides is 2. The van der Waals surface area contributed by atoms with Gasteiger partial charge in [0.05, 0.1) is 36.8 Å². The van der Waals surface area contributed by atoms with Gasteiger partial charge in [-0.2, -0.15) is 5.26 Å². The van der Waals surface area contributed by atoms with Gasteiger partial charge in [-0.1, -0.05) is 24.3 Å². The summed E-state index contributed by atoms with van der Waals surface area (Å²) in [7, 11) is 1.56. The van der Waals surface area contributed by atoms with E-state index in [2.05, 4.69) is 6.07 Å². The molecule has 28 heavy (non-hydrogen) atoms. The number of hydrogen-bond donors (Lipinski definition) is 0. The van der Waals surface area contributed by atoms with E-state index in [1.165, 1.54) is 0 Å². The molecule has 0 bridgehead atoms. The van der Waals surface area contributed by atoms with Gasteiger partial charge in [0.25, 0.3) is 11.1 Å². The molecule has 1 heterocycles. The molecular formula is C21H18N2O4S. The Balaban J connectivity index is 1.85. The zero-order valence-electron chi connectivity index (χ0n) is 15.5. The highest BCUT2D eigenvalue weighted by Gasteiger charge is 2.35. The number of carbonyl (C=O) groups is 2. The molecule has 2 amide bonds. The molecular weight excluding hydrogens is 376 g/mol. The number of methoxy groups -OCH3 is 1. The van der Waals surface area contributed by atoms with Crippen LogP contribution in [0, 0.1) is 11.3 Å². The molecule has 1 saturated heterocycles. The van der Waals surface area contributed by atoms with Crippen molar-refractivity contribution in [3.8, 4) is 17.6 Å². The van der Waals surface area contributed by atoms with Crippen LogP contribution in [0.15, 0.2) is 47.4 Å². The predicted molar refractivity (Wildman–Crippen MR) is 107 cm³/mol. The number of hydrogen-bond acceptors (Lipinski definition) is 6. The van der Waals surface area contributed by atoms with Crippen molar-refractivity contribution in [3.05, 3.63) is 64.1 Å². The highest BCUT2D eigenvalue weighted by Crippen LogP contribution is 2.35. The van der Waals surface area contributed by atoms with Crippen molar-refractivity contribution in [1.29, 1.82) is 5.26 Å². The highest BCUT2D eigenvalue weighted by molar-refractivity contribution is 8.18. The fraction of sp³-hybridized carbons (Fsp3) is 0.190. The van der Waals surface area contributed by atoms with E-state index in [0.29, 0.717) is 34.1 Å². The Bertz CT molecular complexity index is 994. The van der Waals surface area contributed by atoms with Gasteiger partial charge < -0.3 is 9.47 Å². The summed E-state index contributed by atoms with van der Waals surface area (Å²) in [4.78, 5) is 26.6. The van der Waals surface area contributed by atoms with Crippen LogP contribution in [0.25, 0.3) is 6.08 Å².